The van der Waals surface area contributed by atoms with Gasteiger partial charge in [0.15, 0.2) is 0 Å². The molecule has 3 heteroatoms. The molecule has 0 saturated heterocycles. The van der Waals surface area contributed by atoms with E-state index in [0.29, 0.717) is 0 Å². The van der Waals surface area contributed by atoms with E-state index < -0.39 is 0 Å². The van der Waals surface area contributed by atoms with E-state index in [1.165, 1.54) is 56.1 Å². The van der Waals surface area contributed by atoms with Crippen LogP contribution in [0.3, 0.4) is 0 Å². The summed E-state index contributed by atoms with van der Waals surface area (Å²) in [6.07, 6.45) is 0. The number of rotatable bonds is 4. The molecule has 2 aliphatic heterocycles. The van der Waals surface area contributed by atoms with Gasteiger partial charge in [-0.25, -0.2) is 4.98 Å². The van der Waals surface area contributed by atoms with E-state index in [9.17, 15) is 0 Å². The average Bonchev–Trinajstić information content (AvgIpc) is 3.21. The van der Waals surface area contributed by atoms with Crippen LogP contribution >= 0.6 is 0 Å². The maximum Gasteiger partial charge on any atom is 0.0717 e. The van der Waals surface area contributed by atoms with Gasteiger partial charge in [0.05, 0.1) is 34.0 Å². The second-order valence-electron chi connectivity index (χ2n) is 15.7. The molecule has 0 amide bonds. The first-order valence-electron chi connectivity index (χ1n) is 18.9. The summed E-state index contributed by atoms with van der Waals surface area (Å²) in [6, 6.07) is 64.0. The summed E-state index contributed by atoms with van der Waals surface area (Å²) in [6.45, 7) is 9.32. The zero-order valence-electron chi connectivity index (χ0n) is 31.1. The van der Waals surface area contributed by atoms with Gasteiger partial charge in [-0.1, -0.05) is 143 Å². The van der Waals surface area contributed by atoms with E-state index in [0.717, 1.165) is 33.5 Å². The Morgan fingerprint density at radius 2 is 0.815 bits per heavy atom. The summed E-state index contributed by atoms with van der Waals surface area (Å²) in [7, 11) is 0. The lowest BCUT2D eigenvalue weighted by Crippen LogP contribution is -2.30. The molecule has 0 aliphatic carbocycles. The molecule has 0 saturated carbocycles. The fraction of sp³-hybridized carbons (Fsp3) is 0.118. The number of hydrogen-bond acceptors (Lipinski definition) is 3. The van der Waals surface area contributed by atoms with Gasteiger partial charge in [0, 0.05) is 33.2 Å². The van der Waals surface area contributed by atoms with E-state index in [4.69, 9.17) is 4.98 Å². The molecule has 10 rings (SSSR count). The van der Waals surface area contributed by atoms with Crippen LogP contribution in [0.1, 0.15) is 49.9 Å². The summed E-state index contributed by atoms with van der Waals surface area (Å²) in [5.74, 6) is 0. The average molecular weight is 696 g/mol. The molecule has 54 heavy (non-hydrogen) atoms. The fourth-order valence-electron chi connectivity index (χ4n) is 9.03. The largest absolute Gasteiger partial charge is 0.310 e. The number of fused-ring (bicyclic) bond motifs is 5. The first kappa shape index (κ1) is 32.2. The van der Waals surface area contributed by atoms with E-state index in [1.54, 1.807) is 0 Å². The van der Waals surface area contributed by atoms with Crippen molar-refractivity contribution in [3.8, 4) is 22.4 Å². The van der Waals surface area contributed by atoms with Crippen molar-refractivity contribution in [2.45, 2.75) is 38.5 Å². The molecular formula is C51H41N3. The molecule has 8 aromatic rings. The second-order valence-corrected chi connectivity index (χ2v) is 15.7. The highest BCUT2D eigenvalue weighted by molar-refractivity contribution is 6.00. The zero-order valence-corrected chi connectivity index (χ0v) is 31.1. The monoisotopic (exact) mass is 695 g/mol. The number of pyridine rings is 1. The van der Waals surface area contributed by atoms with Gasteiger partial charge in [-0.3, -0.25) is 0 Å². The minimum absolute atomic E-state index is 0.0935. The number of benzene rings is 7. The highest BCUT2D eigenvalue weighted by Gasteiger charge is 2.38. The van der Waals surface area contributed by atoms with Gasteiger partial charge in [0.25, 0.3) is 0 Å². The van der Waals surface area contributed by atoms with Crippen LogP contribution < -0.4 is 9.80 Å². The van der Waals surface area contributed by atoms with E-state index in [-0.39, 0.29) is 10.8 Å². The summed E-state index contributed by atoms with van der Waals surface area (Å²) < 4.78 is 0. The Morgan fingerprint density at radius 3 is 1.31 bits per heavy atom. The van der Waals surface area contributed by atoms with Gasteiger partial charge < -0.3 is 9.80 Å². The summed E-state index contributed by atoms with van der Waals surface area (Å²) in [4.78, 5) is 10.2. The van der Waals surface area contributed by atoms with Crippen LogP contribution in [0.25, 0.3) is 33.3 Å². The third-order valence-electron chi connectivity index (χ3n) is 11.8. The maximum atomic E-state index is 5.33. The normalized spacial score (nSPS) is 14.9. The van der Waals surface area contributed by atoms with E-state index >= 15 is 0 Å². The van der Waals surface area contributed by atoms with Crippen LogP contribution in [0.15, 0.2) is 176 Å². The van der Waals surface area contributed by atoms with Crippen LogP contribution in [0.2, 0.25) is 0 Å². The molecule has 0 bridgehead atoms. The number of hydrogen-bond donors (Lipinski definition) is 0. The second kappa shape index (κ2) is 12.0. The lowest BCUT2D eigenvalue weighted by Gasteiger charge is -2.42. The first-order chi connectivity index (χ1) is 26.3. The maximum absolute atomic E-state index is 5.33. The van der Waals surface area contributed by atoms with E-state index in [1.807, 2.05) is 0 Å². The summed E-state index contributed by atoms with van der Waals surface area (Å²) in [5, 5.41) is 1.13. The molecular weight excluding hydrogens is 655 g/mol. The van der Waals surface area contributed by atoms with Crippen molar-refractivity contribution in [1.29, 1.82) is 0 Å². The van der Waals surface area contributed by atoms with Crippen molar-refractivity contribution in [2.24, 2.45) is 0 Å². The molecule has 0 N–H and O–H groups in total. The van der Waals surface area contributed by atoms with Crippen LogP contribution in [0.5, 0.6) is 0 Å². The summed E-state index contributed by atoms with van der Waals surface area (Å²) >= 11 is 0. The van der Waals surface area contributed by atoms with Crippen molar-refractivity contribution in [3.63, 3.8) is 0 Å². The van der Waals surface area contributed by atoms with Gasteiger partial charge in [0.1, 0.15) is 0 Å². The van der Waals surface area contributed by atoms with Crippen LogP contribution in [-0.2, 0) is 10.8 Å². The Bertz CT molecular complexity index is 2630. The highest BCUT2D eigenvalue weighted by Crippen LogP contribution is 2.53. The third kappa shape index (κ3) is 4.85. The fourth-order valence-corrected chi connectivity index (χ4v) is 9.03. The van der Waals surface area contributed by atoms with Gasteiger partial charge in [-0.2, -0.15) is 0 Å². The Hall–Kier alpha value is -6.45. The van der Waals surface area contributed by atoms with Gasteiger partial charge in [-0.05, 0) is 94.0 Å². The molecule has 260 valence electrons. The van der Waals surface area contributed by atoms with Crippen molar-refractivity contribution in [2.75, 3.05) is 9.80 Å². The zero-order chi connectivity index (χ0) is 36.6. The quantitative estimate of drug-likeness (QED) is 0.183. The van der Waals surface area contributed by atoms with Gasteiger partial charge in [-0.15, -0.1) is 0 Å². The van der Waals surface area contributed by atoms with E-state index in [2.05, 4.69) is 213 Å². The minimum atomic E-state index is -0.112. The topological polar surface area (TPSA) is 19.4 Å². The predicted octanol–water partition coefficient (Wildman–Crippen LogP) is 13.8. The standard InChI is InChI=1S/C51H41N3/c1-50(2)40-18-8-12-22-46(40)53(47-23-13-9-19-41(47)50)36-28-26-35(27-29-36)45-33-38(34-16-6-5-7-17-34)39-32-37(30-31-44(39)52-45)54-48-24-14-10-20-42(48)51(3,4)43-21-11-15-25-49(43)54/h5-33H,1-4H3. The van der Waals surface area contributed by atoms with Crippen LogP contribution in [0, 0.1) is 0 Å². The molecule has 0 spiro atoms. The lowest BCUT2D eigenvalue weighted by molar-refractivity contribution is 0.632. The lowest BCUT2D eigenvalue weighted by atomic mass is 9.73. The van der Waals surface area contributed by atoms with Crippen LogP contribution in [-0.4, -0.2) is 4.98 Å². The highest BCUT2D eigenvalue weighted by atomic mass is 15.2. The Morgan fingerprint density at radius 1 is 0.389 bits per heavy atom. The van der Waals surface area contributed by atoms with Crippen LogP contribution in [0.4, 0.5) is 34.1 Å². The van der Waals surface area contributed by atoms with Crippen molar-refractivity contribution >= 4 is 45.0 Å². The molecule has 7 aromatic carbocycles. The van der Waals surface area contributed by atoms with Gasteiger partial charge >= 0.3 is 0 Å². The predicted molar refractivity (Wildman–Crippen MR) is 226 cm³/mol. The Labute approximate surface area is 317 Å². The molecule has 1 aromatic heterocycles. The third-order valence-corrected chi connectivity index (χ3v) is 11.8. The Balaban J connectivity index is 1.10. The Kier molecular flexibility index (Phi) is 7.19. The number of aromatic nitrogens is 1. The molecule has 0 fully saturated rings. The van der Waals surface area contributed by atoms with Crippen molar-refractivity contribution in [3.05, 3.63) is 198 Å². The van der Waals surface area contributed by atoms with Crippen molar-refractivity contribution in [1.82, 2.24) is 4.98 Å². The van der Waals surface area contributed by atoms with Gasteiger partial charge in [0.2, 0.25) is 0 Å². The SMILES string of the molecule is CC1(C)c2ccccc2N(c2ccc(-c3cc(-c4ccccc4)c4cc(N5c6ccccc6C(C)(C)c6ccccc65)ccc4n3)cc2)c2ccccc21. The number of nitrogens with zero attached hydrogens (tertiary/aromatic N) is 3. The molecule has 0 unspecified atom stereocenters. The number of anilines is 6. The van der Waals surface area contributed by atoms with Crippen molar-refractivity contribution < 1.29 is 0 Å². The first-order valence-corrected chi connectivity index (χ1v) is 18.9. The number of para-hydroxylation sites is 4. The molecule has 3 heterocycles. The molecule has 0 atom stereocenters. The smallest absolute Gasteiger partial charge is 0.0717 e. The molecule has 2 aliphatic rings. The summed E-state index contributed by atoms with van der Waals surface area (Å²) in [5.41, 5.74) is 17.6. The molecule has 3 nitrogen and oxygen atoms in total. The minimum Gasteiger partial charge on any atom is -0.310 e. The molecule has 0 radical (unpaired) electrons.